The summed E-state index contributed by atoms with van der Waals surface area (Å²) < 4.78 is 4.11. The third kappa shape index (κ3) is 2.65. The number of nitrogens with zero attached hydrogens (tertiary/aromatic N) is 7. The SMILES string of the molecule is CCn1cnnc1C1CCN(c2nc3cc(C)nn3c3ccccc23)CC1. The van der Waals surface area contributed by atoms with Gasteiger partial charge in [-0.25, -0.2) is 9.50 Å². The first-order chi connectivity index (χ1) is 13.2. The molecule has 7 heteroatoms. The van der Waals surface area contributed by atoms with E-state index in [9.17, 15) is 0 Å². The maximum absolute atomic E-state index is 4.96. The summed E-state index contributed by atoms with van der Waals surface area (Å²) in [5.41, 5.74) is 3.01. The second kappa shape index (κ2) is 6.33. The van der Waals surface area contributed by atoms with Gasteiger partial charge in [0.05, 0.1) is 11.2 Å². The normalized spacial score (nSPS) is 15.9. The van der Waals surface area contributed by atoms with Crippen LogP contribution in [0.25, 0.3) is 16.6 Å². The zero-order valence-corrected chi connectivity index (χ0v) is 15.7. The number of fused-ring (bicyclic) bond motifs is 3. The number of benzene rings is 1. The highest BCUT2D eigenvalue weighted by molar-refractivity contribution is 5.91. The van der Waals surface area contributed by atoms with Crippen LogP contribution in [0.4, 0.5) is 5.82 Å². The Balaban J connectivity index is 1.49. The topological polar surface area (TPSA) is 64.1 Å². The molecular formula is C20H23N7. The molecule has 0 aliphatic carbocycles. The Morgan fingerprint density at radius 1 is 1.15 bits per heavy atom. The summed E-state index contributed by atoms with van der Waals surface area (Å²) in [6.45, 7) is 7.02. The van der Waals surface area contributed by atoms with Gasteiger partial charge >= 0.3 is 0 Å². The standard InChI is InChI=1S/C20H23N7/c1-3-25-13-21-23-19(25)15-8-10-26(11-9-15)20-16-6-4-5-7-17(16)27-18(22-20)12-14(2)24-27/h4-7,12-13,15H,3,8-11H2,1-2H3. The van der Waals surface area contributed by atoms with Gasteiger partial charge in [0.1, 0.15) is 18.0 Å². The number of anilines is 1. The largest absolute Gasteiger partial charge is 0.356 e. The lowest BCUT2D eigenvalue weighted by atomic mass is 9.95. The minimum atomic E-state index is 0.468. The van der Waals surface area contributed by atoms with Crippen LogP contribution in [0, 0.1) is 6.92 Å². The molecule has 0 atom stereocenters. The fraction of sp³-hybridized carbons (Fsp3) is 0.400. The maximum atomic E-state index is 4.96. The monoisotopic (exact) mass is 361 g/mol. The Morgan fingerprint density at radius 3 is 2.78 bits per heavy atom. The van der Waals surface area contributed by atoms with Gasteiger partial charge in [-0.1, -0.05) is 12.1 Å². The van der Waals surface area contributed by atoms with Gasteiger partial charge in [-0.15, -0.1) is 10.2 Å². The van der Waals surface area contributed by atoms with Gasteiger partial charge in [0.2, 0.25) is 0 Å². The molecule has 3 aromatic heterocycles. The van der Waals surface area contributed by atoms with Crippen LogP contribution >= 0.6 is 0 Å². The predicted octanol–water partition coefficient (Wildman–Crippen LogP) is 3.19. The summed E-state index contributed by atoms with van der Waals surface area (Å²) >= 11 is 0. The average Bonchev–Trinajstić information content (AvgIpc) is 3.33. The van der Waals surface area contributed by atoms with Crippen molar-refractivity contribution in [3.05, 3.63) is 48.2 Å². The Labute approximate surface area is 157 Å². The second-order valence-corrected chi connectivity index (χ2v) is 7.24. The number of aryl methyl sites for hydroxylation is 2. The molecule has 4 heterocycles. The number of rotatable bonds is 3. The molecule has 1 aromatic carbocycles. The summed E-state index contributed by atoms with van der Waals surface area (Å²) in [6, 6.07) is 10.5. The third-order valence-corrected chi connectivity index (χ3v) is 5.55. The van der Waals surface area contributed by atoms with Crippen molar-refractivity contribution in [2.75, 3.05) is 18.0 Å². The van der Waals surface area contributed by atoms with E-state index in [4.69, 9.17) is 4.98 Å². The lowest BCUT2D eigenvalue weighted by Gasteiger charge is -2.33. The predicted molar refractivity (Wildman–Crippen MR) is 105 cm³/mol. The van der Waals surface area contributed by atoms with Crippen molar-refractivity contribution in [2.24, 2.45) is 0 Å². The van der Waals surface area contributed by atoms with E-state index < -0.39 is 0 Å². The average molecular weight is 361 g/mol. The van der Waals surface area contributed by atoms with E-state index in [0.717, 1.165) is 66.4 Å². The number of aromatic nitrogens is 6. The van der Waals surface area contributed by atoms with Crippen LogP contribution in [-0.2, 0) is 6.54 Å². The highest BCUT2D eigenvalue weighted by Gasteiger charge is 2.26. The van der Waals surface area contributed by atoms with Crippen molar-refractivity contribution in [1.82, 2.24) is 29.4 Å². The van der Waals surface area contributed by atoms with Gasteiger partial charge < -0.3 is 9.47 Å². The van der Waals surface area contributed by atoms with Crippen molar-refractivity contribution in [1.29, 1.82) is 0 Å². The van der Waals surface area contributed by atoms with Crippen LogP contribution in [-0.4, -0.2) is 42.5 Å². The minimum absolute atomic E-state index is 0.468. The van der Waals surface area contributed by atoms with Crippen molar-refractivity contribution in [3.63, 3.8) is 0 Å². The fourth-order valence-corrected chi connectivity index (χ4v) is 4.17. The molecule has 0 bridgehead atoms. The maximum Gasteiger partial charge on any atom is 0.158 e. The van der Waals surface area contributed by atoms with E-state index >= 15 is 0 Å². The highest BCUT2D eigenvalue weighted by Crippen LogP contribution is 2.32. The van der Waals surface area contributed by atoms with E-state index in [1.54, 1.807) is 0 Å². The smallest absolute Gasteiger partial charge is 0.158 e. The molecule has 1 saturated heterocycles. The van der Waals surface area contributed by atoms with Crippen LogP contribution in [0.15, 0.2) is 36.7 Å². The Morgan fingerprint density at radius 2 is 1.96 bits per heavy atom. The summed E-state index contributed by atoms with van der Waals surface area (Å²) in [6.07, 6.45) is 3.98. The molecular weight excluding hydrogens is 338 g/mol. The van der Waals surface area contributed by atoms with Gasteiger partial charge in [0.15, 0.2) is 5.65 Å². The van der Waals surface area contributed by atoms with Crippen LogP contribution in [0.2, 0.25) is 0 Å². The van der Waals surface area contributed by atoms with Crippen LogP contribution in [0.3, 0.4) is 0 Å². The van der Waals surface area contributed by atoms with E-state index in [1.165, 1.54) is 0 Å². The number of para-hydroxylation sites is 1. The van der Waals surface area contributed by atoms with E-state index in [-0.39, 0.29) is 0 Å². The number of hydrogen-bond acceptors (Lipinski definition) is 5. The second-order valence-electron chi connectivity index (χ2n) is 7.24. The summed E-state index contributed by atoms with van der Waals surface area (Å²) in [5, 5.41) is 14.2. The van der Waals surface area contributed by atoms with E-state index in [0.29, 0.717) is 5.92 Å². The van der Waals surface area contributed by atoms with Crippen LogP contribution in [0.5, 0.6) is 0 Å². The Bertz CT molecular complexity index is 1100. The zero-order valence-electron chi connectivity index (χ0n) is 15.7. The quantitative estimate of drug-likeness (QED) is 0.561. The molecule has 5 rings (SSSR count). The van der Waals surface area contributed by atoms with Crippen LogP contribution in [0.1, 0.15) is 37.2 Å². The first-order valence-electron chi connectivity index (χ1n) is 9.62. The molecule has 0 radical (unpaired) electrons. The van der Waals surface area contributed by atoms with Crippen LogP contribution < -0.4 is 4.90 Å². The fourth-order valence-electron chi connectivity index (χ4n) is 4.17. The molecule has 0 amide bonds. The van der Waals surface area contributed by atoms with E-state index in [1.807, 2.05) is 23.8 Å². The van der Waals surface area contributed by atoms with Crippen molar-refractivity contribution >= 4 is 22.4 Å². The molecule has 7 nitrogen and oxygen atoms in total. The number of piperidine rings is 1. The van der Waals surface area contributed by atoms with Gasteiger partial charge in [-0.3, -0.25) is 0 Å². The molecule has 1 aliphatic rings. The zero-order chi connectivity index (χ0) is 18.4. The van der Waals surface area contributed by atoms with Crippen molar-refractivity contribution in [2.45, 2.75) is 39.2 Å². The van der Waals surface area contributed by atoms with E-state index in [2.05, 4.69) is 56.0 Å². The molecule has 0 N–H and O–H groups in total. The van der Waals surface area contributed by atoms with Gasteiger partial charge in [-0.05, 0) is 38.8 Å². The van der Waals surface area contributed by atoms with Crippen molar-refractivity contribution < 1.29 is 0 Å². The molecule has 27 heavy (non-hydrogen) atoms. The molecule has 4 aromatic rings. The minimum Gasteiger partial charge on any atom is -0.356 e. The van der Waals surface area contributed by atoms with Gasteiger partial charge in [0, 0.05) is 37.0 Å². The lowest BCUT2D eigenvalue weighted by Crippen LogP contribution is -2.34. The molecule has 0 saturated carbocycles. The molecule has 0 spiro atoms. The van der Waals surface area contributed by atoms with Gasteiger partial charge in [-0.2, -0.15) is 5.10 Å². The Hall–Kier alpha value is -2.96. The first-order valence-corrected chi connectivity index (χ1v) is 9.62. The van der Waals surface area contributed by atoms with Crippen molar-refractivity contribution in [3.8, 4) is 0 Å². The summed E-state index contributed by atoms with van der Waals surface area (Å²) in [5.74, 6) is 2.65. The summed E-state index contributed by atoms with van der Waals surface area (Å²) in [7, 11) is 0. The van der Waals surface area contributed by atoms with Gasteiger partial charge in [0.25, 0.3) is 0 Å². The molecule has 0 unspecified atom stereocenters. The third-order valence-electron chi connectivity index (χ3n) is 5.55. The number of hydrogen-bond donors (Lipinski definition) is 0. The molecule has 1 aliphatic heterocycles. The molecule has 1 fully saturated rings. The first kappa shape index (κ1) is 16.2. The molecule has 138 valence electrons. The summed E-state index contributed by atoms with van der Waals surface area (Å²) in [4.78, 5) is 7.37. The Kier molecular flexibility index (Phi) is 3.81. The highest BCUT2D eigenvalue weighted by atomic mass is 15.3. The lowest BCUT2D eigenvalue weighted by molar-refractivity contribution is 0.466.